The first kappa shape index (κ1) is 16.4. The molecule has 1 aromatic heterocycles. The lowest BCUT2D eigenvalue weighted by Gasteiger charge is -2.35. The molecule has 0 amide bonds. The number of hydrogen-bond donors (Lipinski definition) is 1. The molecule has 1 aromatic rings. The maximum absolute atomic E-state index is 12.0. The fourth-order valence-electron chi connectivity index (χ4n) is 2.26. The van der Waals surface area contributed by atoms with E-state index in [9.17, 15) is 8.42 Å². The Morgan fingerprint density at radius 2 is 2.19 bits per heavy atom. The molecule has 1 fully saturated rings. The zero-order valence-electron chi connectivity index (χ0n) is 12.7. The fourth-order valence-corrected chi connectivity index (χ4v) is 5.09. The molecule has 0 spiro atoms. The molecule has 21 heavy (non-hydrogen) atoms. The summed E-state index contributed by atoms with van der Waals surface area (Å²) in [4.78, 5) is 10.8. The smallest absolute Gasteiger partial charge is 0.169 e. The van der Waals surface area contributed by atoms with Crippen LogP contribution in [-0.4, -0.2) is 54.6 Å². The number of sulfone groups is 1. The Labute approximate surface area is 130 Å². The molecule has 1 unspecified atom stereocenters. The van der Waals surface area contributed by atoms with Crippen LogP contribution in [0.5, 0.6) is 0 Å². The van der Waals surface area contributed by atoms with Gasteiger partial charge >= 0.3 is 0 Å². The van der Waals surface area contributed by atoms with Crippen LogP contribution in [-0.2, 0) is 16.3 Å². The van der Waals surface area contributed by atoms with Crippen molar-refractivity contribution < 1.29 is 8.42 Å². The molecule has 1 aliphatic heterocycles. The van der Waals surface area contributed by atoms with Gasteiger partial charge in [-0.2, -0.15) is 11.8 Å². The summed E-state index contributed by atoms with van der Waals surface area (Å²) >= 11 is 1.67. The van der Waals surface area contributed by atoms with E-state index >= 15 is 0 Å². The third kappa shape index (κ3) is 4.00. The van der Waals surface area contributed by atoms with Gasteiger partial charge in [-0.25, -0.2) is 18.4 Å². The lowest BCUT2D eigenvalue weighted by atomic mass is 10.3. The number of rotatable bonds is 5. The molecule has 1 N–H and O–H groups in total. The van der Waals surface area contributed by atoms with Crippen molar-refractivity contribution in [2.45, 2.75) is 25.6 Å². The van der Waals surface area contributed by atoms with Crippen molar-refractivity contribution in [2.75, 3.05) is 41.1 Å². The molecule has 1 saturated heterocycles. The Bertz CT molecular complexity index is 592. The van der Waals surface area contributed by atoms with Crippen LogP contribution in [0.15, 0.2) is 6.07 Å². The number of nitrogens with one attached hydrogen (secondary N) is 1. The molecular weight excluding hydrogens is 308 g/mol. The Hall–Kier alpha value is -1.02. The summed E-state index contributed by atoms with van der Waals surface area (Å²) in [5, 5.41) is 2.67. The summed E-state index contributed by atoms with van der Waals surface area (Å²) < 4.78 is 24.0. The molecule has 2 heterocycles. The van der Waals surface area contributed by atoms with Gasteiger partial charge in [-0.15, -0.1) is 0 Å². The van der Waals surface area contributed by atoms with E-state index in [1.54, 1.807) is 11.8 Å². The van der Waals surface area contributed by atoms with Crippen molar-refractivity contribution >= 4 is 33.2 Å². The van der Waals surface area contributed by atoms with Crippen molar-refractivity contribution in [3.8, 4) is 0 Å². The zero-order valence-corrected chi connectivity index (χ0v) is 14.3. The van der Waals surface area contributed by atoms with Gasteiger partial charge in [0.05, 0.1) is 0 Å². The van der Waals surface area contributed by atoms with Gasteiger partial charge in [0.1, 0.15) is 22.8 Å². The van der Waals surface area contributed by atoms with Crippen molar-refractivity contribution in [1.29, 1.82) is 0 Å². The lowest BCUT2D eigenvalue weighted by Crippen LogP contribution is -2.47. The highest BCUT2D eigenvalue weighted by Crippen LogP contribution is 2.26. The van der Waals surface area contributed by atoms with Crippen LogP contribution in [0, 0.1) is 0 Å². The zero-order chi connectivity index (χ0) is 15.5. The first-order chi connectivity index (χ1) is 9.95. The van der Waals surface area contributed by atoms with Crippen molar-refractivity contribution in [3.05, 3.63) is 11.9 Å². The monoisotopic (exact) mass is 330 g/mol. The van der Waals surface area contributed by atoms with E-state index in [-0.39, 0.29) is 0 Å². The highest BCUT2D eigenvalue weighted by Gasteiger charge is 2.32. The highest BCUT2D eigenvalue weighted by molar-refractivity contribution is 8.01. The molecule has 1 atom stereocenters. The van der Waals surface area contributed by atoms with Crippen molar-refractivity contribution in [3.63, 3.8) is 0 Å². The summed E-state index contributed by atoms with van der Waals surface area (Å²) in [6.07, 6.45) is 2.02. The number of hydrogen-bond acceptors (Lipinski definition) is 7. The first-order valence-corrected chi connectivity index (χ1v) is 10.2. The molecule has 6 nitrogen and oxygen atoms in total. The Balaban J connectivity index is 2.40. The minimum absolute atomic E-state index is 0.509. The Kier molecular flexibility index (Phi) is 5.32. The van der Waals surface area contributed by atoms with Gasteiger partial charge in [-0.05, 0) is 6.92 Å². The minimum atomic E-state index is -3.14. The molecule has 0 radical (unpaired) electrons. The SMILES string of the molecule is CCNc1cc(N2CCSCC2S(C)(=O)=O)nc(CC)n1. The van der Waals surface area contributed by atoms with Gasteiger partial charge in [-0.3, -0.25) is 0 Å². The lowest BCUT2D eigenvalue weighted by molar-refractivity contribution is 0.583. The minimum Gasteiger partial charge on any atom is -0.370 e. The molecule has 0 aromatic carbocycles. The Morgan fingerprint density at radius 1 is 1.43 bits per heavy atom. The van der Waals surface area contributed by atoms with Gasteiger partial charge in [0.25, 0.3) is 0 Å². The van der Waals surface area contributed by atoms with Crippen molar-refractivity contribution in [2.24, 2.45) is 0 Å². The highest BCUT2D eigenvalue weighted by atomic mass is 32.2. The number of aryl methyl sites for hydroxylation is 1. The van der Waals surface area contributed by atoms with Gasteiger partial charge in [-0.1, -0.05) is 6.92 Å². The molecule has 8 heteroatoms. The predicted octanol–water partition coefficient (Wildman–Crippen LogP) is 1.39. The number of anilines is 2. The van der Waals surface area contributed by atoms with Crippen LogP contribution in [0.4, 0.5) is 11.6 Å². The topological polar surface area (TPSA) is 75.2 Å². The third-order valence-corrected chi connectivity index (χ3v) is 5.95. The second-order valence-corrected chi connectivity index (χ2v) is 8.32. The van der Waals surface area contributed by atoms with Gasteiger partial charge in [0, 0.05) is 43.3 Å². The standard InChI is InChI=1S/C13H22N4O2S2/c1-4-10-15-11(14-5-2)8-12(16-10)17-6-7-20-9-13(17)21(3,18)19/h8,13H,4-7,9H2,1-3H3,(H,14,15,16). The van der Waals surface area contributed by atoms with Crippen molar-refractivity contribution in [1.82, 2.24) is 9.97 Å². The average molecular weight is 330 g/mol. The largest absolute Gasteiger partial charge is 0.370 e. The summed E-state index contributed by atoms with van der Waals surface area (Å²) in [7, 11) is -3.14. The molecule has 118 valence electrons. The van der Waals surface area contributed by atoms with E-state index in [1.807, 2.05) is 24.8 Å². The summed E-state index contributed by atoms with van der Waals surface area (Å²) in [5.41, 5.74) is 0. The van der Waals surface area contributed by atoms with Crippen LogP contribution < -0.4 is 10.2 Å². The van der Waals surface area contributed by atoms with E-state index < -0.39 is 15.2 Å². The van der Waals surface area contributed by atoms with Crippen LogP contribution in [0.3, 0.4) is 0 Å². The number of aromatic nitrogens is 2. The van der Waals surface area contributed by atoms with E-state index in [2.05, 4.69) is 15.3 Å². The molecule has 0 bridgehead atoms. The number of thioether (sulfide) groups is 1. The first-order valence-electron chi connectivity index (χ1n) is 7.10. The Morgan fingerprint density at radius 3 is 2.81 bits per heavy atom. The van der Waals surface area contributed by atoms with Crippen LogP contribution >= 0.6 is 11.8 Å². The third-order valence-electron chi connectivity index (χ3n) is 3.31. The summed E-state index contributed by atoms with van der Waals surface area (Å²) in [6, 6.07) is 1.84. The van der Waals surface area contributed by atoms with Crippen LogP contribution in [0.1, 0.15) is 19.7 Å². The fraction of sp³-hybridized carbons (Fsp3) is 0.692. The maximum atomic E-state index is 12.0. The van der Waals surface area contributed by atoms with Gasteiger partial charge in [0.15, 0.2) is 9.84 Å². The van der Waals surface area contributed by atoms with E-state index in [0.29, 0.717) is 18.1 Å². The molecular formula is C13H22N4O2S2. The molecule has 1 aliphatic rings. The second-order valence-electron chi connectivity index (χ2n) is 4.96. The summed E-state index contributed by atoms with van der Waals surface area (Å²) in [6.45, 7) is 5.46. The predicted molar refractivity (Wildman–Crippen MR) is 88.9 cm³/mol. The molecule has 0 saturated carbocycles. The van der Waals surface area contributed by atoms with Gasteiger partial charge in [0.2, 0.25) is 0 Å². The molecule has 2 rings (SSSR count). The average Bonchev–Trinajstić information content (AvgIpc) is 2.46. The number of nitrogens with zero attached hydrogens (tertiary/aromatic N) is 3. The van der Waals surface area contributed by atoms with E-state index in [1.165, 1.54) is 6.26 Å². The summed E-state index contributed by atoms with van der Waals surface area (Å²) in [5.74, 6) is 3.68. The maximum Gasteiger partial charge on any atom is 0.169 e. The quantitative estimate of drug-likeness (QED) is 0.874. The van der Waals surface area contributed by atoms with Gasteiger partial charge < -0.3 is 10.2 Å². The van der Waals surface area contributed by atoms with E-state index in [0.717, 1.165) is 30.4 Å². The van der Waals surface area contributed by atoms with Crippen LogP contribution in [0.2, 0.25) is 0 Å². The molecule has 0 aliphatic carbocycles. The van der Waals surface area contributed by atoms with E-state index in [4.69, 9.17) is 0 Å². The second kappa shape index (κ2) is 6.83. The van der Waals surface area contributed by atoms with Crippen LogP contribution in [0.25, 0.3) is 0 Å². The normalized spacial score (nSPS) is 19.6.